The zero-order chi connectivity index (χ0) is 14.1. The standard InChI is InChI=1S/C15H19NO3/c1-3-19-15(18)16-12(2)14-9-7-13(8-10-14)6-4-5-11-17/h7-10,12,17H,3,5,11H2,1-2H3,(H,16,18). The Morgan fingerprint density at radius 2 is 2.11 bits per heavy atom. The van der Waals surface area contributed by atoms with E-state index in [1.54, 1.807) is 6.92 Å². The van der Waals surface area contributed by atoms with Crippen molar-refractivity contribution in [1.82, 2.24) is 5.32 Å². The lowest BCUT2D eigenvalue weighted by Crippen LogP contribution is -2.27. The Morgan fingerprint density at radius 1 is 1.42 bits per heavy atom. The van der Waals surface area contributed by atoms with Crippen LogP contribution in [0.15, 0.2) is 24.3 Å². The topological polar surface area (TPSA) is 58.6 Å². The van der Waals surface area contributed by atoms with Crippen LogP contribution in [-0.2, 0) is 4.74 Å². The summed E-state index contributed by atoms with van der Waals surface area (Å²) >= 11 is 0. The van der Waals surface area contributed by atoms with E-state index in [0.29, 0.717) is 13.0 Å². The molecule has 102 valence electrons. The molecule has 0 saturated carbocycles. The summed E-state index contributed by atoms with van der Waals surface area (Å²) in [4.78, 5) is 11.3. The molecule has 1 unspecified atom stereocenters. The van der Waals surface area contributed by atoms with Gasteiger partial charge in [0.15, 0.2) is 0 Å². The number of amides is 1. The molecule has 0 aromatic heterocycles. The molecule has 0 aliphatic heterocycles. The fraction of sp³-hybridized carbons (Fsp3) is 0.400. The van der Waals surface area contributed by atoms with Crippen LogP contribution in [-0.4, -0.2) is 24.4 Å². The van der Waals surface area contributed by atoms with Crippen LogP contribution in [0.3, 0.4) is 0 Å². The Labute approximate surface area is 113 Å². The number of rotatable bonds is 4. The number of aliphatic hydroxyl groups excluding tert-OH is 1. The third-order valence-corrected chi connectivity index (χ3v) is 2.49. The lowest BCUT2D eigenvalue weighted by molar-refractivity contribution is 0.149. The smallest absolute Gasteiger partial charge is 0.407 e. The van der Waals surface area contributed by atoms with Crippen LogP contribution in [0.1, 0.15) is 37.4 Å². The lowest BCUT2D eigenvalue weighted by atomic mass is 10.1. The predicted octanol–water partition coefficient (Wildman–Crippen LogP) is 2.23. The highest BCUT2D eigenvalue weighted by atomic mass is 16.5. The maximum absolute atomic E-state index is 11.3. The molecule has 0 spiro atoms. The monoisotopic (exact) mass is 261 g/mol. The van der Waals surface area contributed by atoms with Crippen molar-refractivity contribution < 1.29 is 14.6 Å². The quantitative estimate of drug-likeness (QED) is 0.817. The minimum absolute atomic E-state index is 0.0750. The predicted molar refractivity (Wildman–Crippen MR) is 73.6 cm³/mol. The number of carbonyl (C=O) groups is 1. The van der Waals surface area contributed by atoms with Gasteiger partial charge < -0.3 is 15.2 Å². The Hall–Kier alpha value is -1.99. The molecule has 0 heterocycles. The van der Waals surface area contributed by atoms with Gasteiger partial charge in [0.25, 0.3) is 0 Å². The lowest BCUT2D eigenvalue weighted by Gasteiger charge is -2.13. The zero-order valence-electron chi connectivity index (χ0n) is 11.3. The average Bonchev–Trinajstić information content (AvgIpc) is 2.40. The first-order chi connectivity index (χ1) is 9.17. The Kier molecular flexibility index (Phi) is 6.48. The summed E-state index contributed by atoms with van der Waals surface area (Å²) in [6.45, 7) is 4.09. The molecule has 0 aliphatic rings. The summed E-state index contributed by atoms with van der Waals surface area (Å²) in [5.74, 6) is 5.81. The van der Waals surface area contributed by atoms with Gasteiger partial charge in [0, 0.05) is 12.0 Å². The van der Waals surface area contributed by atoms with Crippen LogP contribution in [0, 0.1) is 11.8 Å². The van der Waals surface area contributed by atoms with E-state index in [0.717, 1.165) is 11.1 Å². The van der Waals surface area contributed by atoms with Crippen LogP contribution in [0.4, 0.5) is 4.79 Å². The molecular formula is C15H19NO3. The van der Waals surface area contributed by atoms with Crippen LogP contribution < -0.4 is 5.32 Å². The summed E-state index contributed by atoms with van der Waals surface area (Å²) in [6, 6.07) is 7.50. The molecule has 1 aromatic rings. The van der Waals surface area contributed by atoms with Crippen LogP contribution in [0.2, 0.25) is 0 Å². The molecule has 0 bridgehead atoms. The molecule has 4 heteroatoms. The van der Waals surface area contributed by atoms with Gasteiger partial charge in [0.1, 0.15) is 0 Å². The maximum atomic E-state index is 11.3. The van der Waals surface area contributed by atoms with E-state index in [2.05, 4.69) is 17.2 Å². The van der Waals surface area contributed by atoms with Gasteiger partial charge in [0.05, 0.1) is 19.3 Å². The molecule has 1 amide bonds. The van der Waals surface area contributed by atoms with E-state index in [-0.39, 0.29) is 12.6 Å². The van der Waals surface area contributed by atoms with Crippen molar-refractivity contribution in [3.63, 3.8) is 0 Å². The zero-order valence-corrected chi connectivity index (χ0v) is 11.3. The SMILES string of the molecule is CCOC(=O)NC(C)c1ccc(C#CCCO)cc1. The Morgan fingerprint density at radius 3 is 2.68 bits per heavy atom. The number of alkyl carbamates (subject to hydrolysis) is 1. The summed E-state index contributed by atoms with van der Waals surface area (Å²) < 4.78 is 4.83. The van der Waals surface area contributed by atoms with E-state index in [9.17, 15) is 4.79 Å². The van der Waals surface area contributed by atoms with Crippen molar-refractivity contribution in [3.05, 3.63) is 35.4 Å². The molecule has 19 heavy (non-hydrogen) atoms. The summed E-state index contributed by atoms with van der Waals surface area (Å²) in [5, 5.41) is 11.4. The number of ether oxygens (including phenoxy) is 1. The summed E-state index contributed by atoms with van der Waals surface area (Å²) in [7, 11) is 0. The van der Waals surface area contributed by atoms with E-state index >= 15 is 0 Å². The Bertz CT molecular complexity index is 457. The molecule has 1 aromatic carbocycles. The van der Waals surface area contributed by atoms with Crippen molar-refractivity contribution >= 4 is 6.09 Å². The van der Waals surface area contributed by atoms with E-state index in [1.807, 2.05) is 31.2 Å². The van der Waals surface area contributed by atoms with Gasteiger partial charge in [-0.05, 0) is 31.5 Å². The van der Waals surface area contributed by atoms with Crippen molar-refractivity contribution in [2.45, 2.75) is 26.3 Å². The maximum Gasteiger partial charge on any atom is 0.407 e. The molecule has 0 aliphatic carbocycles. The molecule has 1 atom stereocenters. The number of hydrogen-bond donors (Lipinski definition) is 2. The van der Waals surface area contributed by atoms with Gasteiger partial charge in [-0.2, -0.15) is 0 Å². The van der Waals surface area contributed by atoms with Crippen molar-refractivity contribution in [1.29, 1.82) is 0 Å². The minimum Gasteiger partial charge on any atom is -0.450 e. The van der Waals surface area contributed by atoms with Gasteiger partial charge in [0.2, 0.25) is 0 Å². The third kappa shape index (κ3) is 5.45. The molecular weight excluding hydrogens is 242 g/mol. The number of carbonyl (C=O) groups excluding carboxylic acids is 1. The van der Waals surface area contributed by atoms with Crippen LogP contribution in [0.5, 0.6) is 0 Å². The van der Waals surface area contributed by atoms with Gasteiger partial charge in [-0.1, -0.05) is 24.0 Å². The second-order valence-corrected chi connectivity index (χ2v) is 3.98. The van der Waals surface area contributed by atoms with Gasteiger partial charge in [-0.3, -0.25) is 0 Å². The molecule has 0 radical (unpaired) electrons. The number of aliphatic hydroxyl groups is 1. The third-order valence-electron chi connectivity index (χ3n) is 2.49. The highest BCUT2D eigenvalue weighted by Gasteiger charge is 2.09. The van der Waals surface area contributed by atoms with Crippen LogP contribution in [0.25, 0.3) is 0 Å². The highest BCUT2D eigenvalue weighted by molar-refractivity contribution is 5.67. The minimum atomic E-state index is -0.415. The summed E-state index contributed by atoms with van der Waals surface area (Å²) in [5.41, 5.74) is 1.88. The second-order valence-electron chi connectivity index (χ2n) is 3.98. The first-order valence-corrected chi connectivity index (χ1v) is 6.30. The summed E-state index contributed by atoms with van der Waals surface area (Å²) in [6.07, 6.45) is 0.0598. The van der Waals surface area contributed by atoms with Crippen molar-refractivity contribution in [3.8, 4) is 11.8 Å². The van der Waals surface area contributed by atoms with E-state index in [1.165, 1.54) is 0 Å². The van der Waals surface area contributed by atoms with Crippen LogP contribution >= 0.6 is 0 Å². The Balaban J connectivity index is 2.61. The highest BCUT2D eigenvalue weighted by Crippen LogP contribution is 2.13. The van der Waals surface area contributed by atoms with Gasteiger partial charge in [-0.15, -0.1) is 0 Å². The fourth-order valence-corrected chi connectivity index (χ4v) is 1.51. The fourth-order valence-electron chi connectivity index (χ4n) is 1.51. The van der Waals surface area contributed by atoms with Gasteiger partial charge in [-0.25, -0.2) is 4.79 Å². The van der Waals surface area contributed by atoms with E-state index in [4.69, 9.17) is 9.84 Å². The normalized spacial score (nSPS) is 11.1. The first-order valence-electron chi connectivity index (χ1n) is 6.30. The largest absolute Gasteiger partial charge is 0.450 e. The van der Waals surface area contributed by atoms with E-state index < -0.39 is 6.09 Å². The molecule has 2 N–H and O–H groups in total. The molecule has 0 fully saturated rings. The number of hydrogen-bond acceptors (Lipinski definition) is 3. The first kappa shape index (κ1) is 15.1. The molecule has 1 rings (SSSR count). The van der Waals surface area contributed by atoms with Crippen molar-refractivity contribution in [2.75, 3.05) is 13.2 Å². The van der Waals surface area contributed by atoms with Crippen molar-refractivity contribution in [2.24, 2.45) is 0 Å². The average molecular weight is 261 g/mol. The number of nitrogens with one attached hydrogen (secondary N) is 1. The second kappa shape index (κ2) is 8.17. The number of benzene rings is 1. The molecule has 0 saturated heterocycles. The van der Waals surface area contributed by atoms with Gasteiger partial charge >= 0.3 is 6.09 Å². The molecule has 4 nitrogen and oxygen atoms in total.